The minimum absolute atomic E-state index is 0.336. The fraction of sp³-hybridized carbons (Fsp3) is 0.0909. The van der Waals surface area contributed by atoms with E-state index in [4.69, 9.17) is 29.0 Å². The van der Waals surface area contributed by atoms with Crippen molar-refractivity contribution in [2.45, 2.75) is 6.92 Å². The molecule has 0 fully saturated rings. The predicted octanol–water partition coefficient (Wildman–Crippen LogP) is 3.12. The molecule has 0 saturated heterocycles. The summed E-state index contributed by atoms with van der Waals surface area (Å²) in [6.07, 6.45) is 0. The van der Waals surface area contributed by atoms with Crippen LogP contribution >= 0.6 is 23.2 Å². The van der Waals surface area contributed by atoms with Crippen LogP contribution in [-0.4, -0.2) is 9.97 Å². The number of anilines is 3. The van der Waals surface area contributed by atoms with Crippen molar-refractivity contribution < 1.29 is 0 Å². The van der Waals surface area contributed by atoms with Gasteiger partial charge in [-0.05, 0) is 25.1 Å². The molecule has 0 unspecified atom stereocenters. The van der Waals surface area contributed by atoms with Gasteiger partial charge in [-0.1, -0.05) is 23.2 Å². The van der Waals surface area contributed by atoms with Crippen molar-refractivity contribution in [2.24, 2.45) is 5.84 Å². The van der Waals surface area contributed by atoms with Crippen LogP contribution in [0.25, 0.3) is 0 Å². The quantitative estimate of drug-likeness (QED) is 0.596. The van der Waals surface area contributed by atoms with Gasteiger partial charge in [-0.3, -0.25) is 5.43 Å². The molecule has 0 radical (unpaired) electrons. The Balaban J connectivity index is 2.30. The summed E-state index contributed by atoms with van der Waals surface area (Å²) in [5, 5.41) is 4.17. The van der Waals surface area contributed by atoms with Crippen LogP contribution in [0.5, 0.6) is 0 Å². The maximum absolute atomic E-state index is 6.06. The average Bonchev–Trinajstić information content (AvgIpc) is 2.32. The summed E-state index contributed by atoms with van der Waals surface area (Å²) in [6, 6.07) is 6.96. The molecule has 0 amide bonds. The van der Waals surface area contributed by atoms with E-state index in [1.165, 1.54) is 0 Å². The molecule has 0 atom stereocenters. The first kappa shape index (κ1) is 12.9. The molecule has 94 valence electrons. The zero-order chi connectivity index (χ0) is 13.1. The molecule has 2 rings (SSSR count). The number of nitrogens with two attached hydrogens (primary N) is 1. The Morgan fingerprint density at radius 3 is 2.61 bits per heavy atom. The van der Waals surface area contributed by atoms with Gasteiger partial charge in [0.05, 0.1) is 10.7 Å². The fourth-order valence-corrected chi connectivity index (χ4v) is 1.88. The van der Waals surface area contributed by atoms with Crippen molar-refractivity contribution in [3.8, 4) is 0 Å². The summed E-state index contributed by atoms with van der Waals surface area (Å²) < 4.78 is 0. The molecule has 0 spiro atoms. The van der Waals surface area contributed by atoms with Gasteiger partial charge in [0.2, 0.25) is 5.95 Å². The third kappa shape index (κ3) is 3.01. The number of aryl methyl sites for hydroxylation is 1. The minimum Gasteiger partial charge on any atom is -0.339 e. The van der Waals surface area contributed by atoms with Crippen molar-refractivity contribution in [2.75, 3.05) is 10.7 Å². The lowest BCUT2D eigenvalue weighted by Crippen LogP contribution is -2.11. The Hall–Kier alpha value is -1.56. The van der Waals surface area contributed by atoms with E-state index < -0.39 is 0 Å². The highest BCUT2D eigenvalue weighted by Gasteiger charge is 2.05. The molecule has 0 aliphatic heterocycles. The zero-order valence-corrected chi connectivity index (χ0v) is 11.0. The SMILES string of the molecule is Cc1cc(Nc2ccc(Cl)cc2Cl)nc(NN)n1. The van der Waals surface area contributed by atoms with E-state index in [0.717, 1.165) is 5.69 Å². The smallest absolute Gasteiger partial charge is 0.239 e. The first-order valence-electron chi connectivity index (χ1n) is 5.13. The molecule has 0 aliphatic rings. The molecule has 7 heteroatoms. The number of halogens is 2. The topological polar surface area (TPSA) is 75.9 Å². The van der Waals surface area contributed by atoms with E-state index in [1.54, 1.807) is 24.3 Å². The summed E-state index contributed by atoms with van der Waals surface area (Å²) >= 11 is 11.9. The van der Waals surface area contributed by atoms with Crippen LogP contribution in [0, 0.1) is 6.92 Å². The minimum atomic E-state index is 0.336. The predicted molar refractivity (Wildman–Crippen MR) is 74.3 cm³/mol. The van der Waals surface area contributed by atoms with Crippen LogP contribution in [0.3, 0.4) is 0 Å². The van der Waals surface area contributed by atoms with E-state index in [-0.39, 0.29) is 0 Å². The van der Waals surface area contributed by atoms with E-state index in [9.17, 15) is 0 Å². The van der Waals surface area contributed by atoms with Crippen LogP contribution < -0.4 is 16.6 Å². The van der Waals surface area contributed by atoms with Crippen molar-refractivity contribution in [1.29, 1.82) is 0 Å². The molecule has 18 heavy (non-hydrogen) atoms. The third-order valence-corrected chi connectivity index (χ3v) is 2.72. The highest BCUT2D eigenvalue weighted by Crippen LogP contribution is 2.27. The average molecular weight is 284 g/mol. The number of nitrogens with one attached hydrogen (secondary N) is 2. The Labute approximate surface area is 114 Å². The first-order valence-corrected chi connectivity index (χ1v) is 5.88. The van der Waals surface area contributed by atoms with Gasteiger partial charge in [0.25, 0.3) is 0 Å². The summed E-state index contributed by atoms with van der Waals surface area (Å²) in [6.45, 7) is 1.84. The molecule has 5 nitrogen and oxygen atoms in total. The fourth-order valence-electron chi connectivity index (χ4n) is 1.43. The van der Waals surface area contributed by atoms with Crippen LogP contribution in [0.4, 0.5) is 17.5 Å². The van der Waals surface area contributed by atoms with Gasteiger partial charge < -0.3 is 5.32 Å². The maximum atomic E-state index is 6.06. The van der Waals surface area contributed by atoms with E-state index in [0.29, 0.717) is 27.5 Å². The highest BCUT2D eigenvalue weighted by molar-refractivity contribution is 6.36. The second-order valence-electron chi connectivity index (χ2n) is 3.61. The number of hydrazine groups is 1. The van der Waals surface area contributed by atoms with Gasteiger partial charge in [-0.2, -0.15) is 4.98 Å². The van der Waals surface area contributed by atoms with E-state index >= 15 is 0 Å². The highest BCUT2D eigenvalue weighted by atomic mass is 35.5. The molecule has 4 N–H and O–H groups in total. The second-order valence-corrected chi connectivity index (χ2v) is 4.46. The van der Waals surface area contributed by atoms with Crippen molar-refractivity contribution >= 4 is 40.7 Å². The van der Waals surface area contributed by atoms with Crippen LogP contribution in [0.2, 0.25) is 10.0 Å². The van der Waals surface area contributed by atoms with Crippen LogP contribution in [-0.2, 0) is 0 Å². The Kier molecular flexibility index (Phi) is 3.86. The van der Waals surface area contributed by atoms with Gasteiger partial charge in [-0.25, -0.2) is 10.8 Å². The Morgan fingerprint density at radius 1 is 1.17 bits per heavy atom. The first-order chi connectivity index (χ1) is 8.58. The summed E-state index contributed by atoms with van der Waals surface area (Å²) in [5.41, 5.74) is 3.89. The lowest BCUT2D eigenvalue weighted by molar-refractivity contribution is 1.07. The van der Waals surface area contributed by atoms with Gasteiger partial charge >= 0.3 is 0 Å². The summed E-state index contributed by atoms with van der Waals surface area (Å²) in [4.78, 5) is 8.25. The molecular formula is C11H11Cl2N5. The lowest BCUT2D eigenvalue weighted by atomic mass is 10.3. The molecule has 0 aliphatic carbocycles. The molecule has 1 aromatic heterocycles. The van der Waals surface area contributed by atoms with E-state index in [2.05, 4.69) is 20.7 Å². The number of benzene rings is 1. The van der Waals surface area contributed by atoms with Crippen LogP contribution in [0.15, 0.2) is 24.3 Å². The number of hydrogen-bond acceptors (Lipinski definition) is 5. The Bertz CT molecular complexity index is 573. The van der Waals surface area contributed by atoms with Crippen molar-refractivity contribution in [3.63, 3.8) is 0 Å². The number of rotatable bonds is 3. The molecule has 0 bridgehead atoms. The number of aromatic nitrogens is 2. The van der Waals surface area contributed by atoms with E-state index in [1.807, 2.05) is 6.92 Å². The molecular weight excluding hydrogens is 273 g/mol. The van der Waals surface area contributed by atoms with Crippen molar-refractivity contribution in [3.05, 3.63) is 40.0 Å². The molecule has 2 aromatic rings. The molecule has 1 aromatic carbocycles. The number of nitrogen functional groups attached to an aromatic ring is 1. The molecule has 0 saturated carbocycles. The monoisotopic (exact) mass is 283 g/mol. The van der Waals surface area contributed by atoms with Crippen molar-refractivity contribution in [1.82, 2.24) is 9.97 Å². The maximum Gasteiger partial charge on any atom is 0.239 e. The third-order valence-electron chi connectivity index (χ3n) is 2.18. The second kappa shape index (κ2) is 5.39. The number of nitrogens with zero attached hydrogens (tertiary/aromatic N) is 2. The number of hydrogen-bond donors (Lipinski definition) is 3. The van der Waals surface area contributed by atoms with Gasteiger partial charge in [0, 0.05) is 16.8 Å². The van der Waals surface area contributed by atoms with Gasteiger partial charge in [0.15, 0.2) is 0 Å². The molecule has 1 heterocycles. The van der Waals surface area contributed by atoms with Gasteiger partial charge in [0.1, 0.15) is 5.82 Å². The standard InChI is InChI=1S/C11H11Cl2N5/c1-6-4-10(17-11(15-6)18-14)16-9-3-2-7(12)5-8(9)13/h2-5H,14H2,1H3,(H2,15,16,17,18). The summed E-state index contributed by atoms with van der Waals surface area (Å²) in [5.74, 6) is 6.22. The van der Waals surface area contributed by atoms with Crippen LogP contribution in [0.1, 0.15) is 5.69 Å². The normalized spacial score (nSPS) is 10.2. The lowest BCUT2D eigenvalue weighted by Gasteiger charge is -2.09. The zero-order valence-electron chi connectivity index (χ0n) is 9.54. The Morgan fingerprint density at radius 2 is 1.94 bits per heavy atom. The van der Waals surface area contributed by atoms with Gasteiger partial charge in [-0.15, -0.1) is 0 Å². The largest absolute Gasteiger partial charge is 0.339 e. The summed E-state index contributed by atoms with van der Waals surface area (Å²) in [7, 11) is 0.